The topological polar surface area (TPSA) is 55.1 Å². The average Bonchev–Trinajstić information content (AvgIpc) is 2.41. The Balaban J connectivity index is 3.48. The summed E-state index contributed by atoms with van der Waals surface area (Å²) in [5, 5.41) is 12.1. The molecule has 1 heterocycles. The first-order valence-electron chi connectivity index (χ1n) is 4.46. The molecule has 1 aromatic heterocycles. The molecule has 0 fully saturated rings. The van der Waals surface area contributed by atoms with E-state index in [1.807, 2.05) is 0 Å². The van der Waals surface area contributed by atoms with E-state index < -0.39 is 29.2 Å². The van der Waals surface area contributed by atoms with Gasteiger partial charge in [-0.15, -0.1) is 0 Å². The second-order valence-corrected chi connectivity index (χ2v) is 4.60. The summed E-state index contributed by atoms with van der Waals surface area (Å²) < 4.78 is 26.2. The predicted molar refractivity (Wildman–Crippen MR) is 54.1 cm³/mol. The number of rotatable bonds is 2. The molecule has 0 bridgehead atoms. The van der Waals surface area contributed by atoms with Gasteiger partial charge in [0.1, 0.15) is 16.4 Å². The van der Waals surface area contributed by atoms with Gasteiger partial charge in [0.2, 0.25) is 0 Å². The second kappa shape index (κ2) is 4.01. The van der Waals surface area contributed by atoms with Gasteiger partial charge in [0.05, 0.1) is 5.54 Å². The molecule has 1 N–H and O–H groups in total. The molecule has 7 heteroatoms. The number of aromatic nitrogens is 2. The Morgan fingerprint density at radius 1 is 1.50 bits per heavy atom. The van der Waals surface area contributed by atoms with Crippen LogP contribution in [0.3, 0.4) is 0 Å². The van der Waals surface area contributed by atoms with E-state index >= 15 is 0 Å². The van der Waals surface area contributed by atoms with Crippen LogP contribution < -0.4 is 0 Å². The molecule has 0 aliphatic carbocycles. The van der Waals surface area contributed by atoms with Crippen LogP contribution in [0, 0.1) is 0 Å². The van der Waals surface area contributed by atoms with Crippen molar-refractivity contribution in [2.45, 2.75) is 32.7 Å². The Morgan fingerprint density at radius 2 is 2.00 bits per heavy atom. The van der Waals surface area contributed by atoms with Crippen molar-refractivity contribution in [1.29, 1.82) is 0 Å². The Bertz CT molecular complexity index is 424. The Labute approximate surface area is 95.8 Å². The number of carboxylic acids is 1. The summed E-state index contributed by atoms with van der Waals surface area (Å²) in [5.74, 6) is -1.50. The van der Waals surface area contributed by atoms with E-state index in [2.05, 4.69) is 5.10 Å². The summed E-state index contributed by atoms with van der Waals surface area (Å²) >= 11 is 5.74. The molecular weight excluding hydrogens is 242 g/mol. The number of halogens is 3. The van der Waals surface area contributed by atoms with Crippen LogP contribution in [0.2, 0.25) is 5.15 Å². The summed E-state index contributed by atoms with van der Waals surface area (Å²) in [6.07, 6.45) is -2.97. The van der Waals surface area contributed by atoms with Crippen molar-refractivity contribution in [3.05, 3.63) is 16.4 Å². The molecule has 16 heavy (non-hydrogen) atoms. The maximum Gasteiger partial charge on any atom is 0.341 e. The van der Waals surface area contributed by atoms with E-state index in [0.29, 0.717) is 0 Å². The molecule has 0 aliphatic heterocycles. The maximum absolute atomic E-state index is 12.6. The molecule has 90 valence electrons. The van der Waals surface area contributed by atoms with Crippen LogP contribution in [0.15, 0.2) is 0 Å². The summed E-state index contributed by atoms with van der Waals surface area (Å²) in [6, 6.07) is 0. The minimum Gasteiger partial charge on any atom is -0.478 e. The molecule has 0 amide bonds. The fourth-order valence-electron chi connectivity index (χ4n) is 1.21. The van der Waals surface area contributed by atoms with Crippen LogP contribution in [0.25, 0.3) is 0 Å². The monoisotopic (exact) mass is 252 g/mol. The van der Waals surface area contributed by atoms with Crippen LogP contribution >= 0.6 is 11.6 Å². The standard InChI is InChI=1S/C9H11ClF2N2O2/c1-9(2,3)14-6(10)4(8(15)16)5(13-14)7(11)12/h7H,1-3H3,(H,15,16). The lowest BCUT2D eigenvalue weighted by molar-refractivity contribution is 0.0684. The van der Waals surface area contributed by atoms with Gasteiger partial charge in [0, 0.05) is 0 Å². The number of aromatic carboxylic acids is 1. The van der Waals surface area contributed by atoms with Gasteiger partial charge in [-0.05, 0) is 20.8 Å². The first-order chi connectivity index (χ1) is 7.16. The highest BCUT2D eigenvalue weighted by molar-refractivity contribution is 6.32. The molecule has 4 nitrogen and oxygen atoms in total. The highest BCUT2D eigenvalue weighted by Gasteiger charge is 2.31. The van der Waals surface area contributed by atoms with E-state index in [1.165, 1.54) is 0 Å². The van der Waals surface area contributed by atoms with Crippen molar-refractivity contribution in [1.82, 2.24) is 9.78 Å². The molecule has 0 unspecified atom stereocenters. The molecule has 1 aromatic rings. The normalized spacial score (nSPS) is 12.2. The maximum atomic E-state index is 12.6. The van der Waals surface area contributed by atoms with Crippen molar-refractivity contribution in [3.8, 4) is 0 Å². The first-order valence-corrected chi connectivity index (χ1v) is 4.84. The zero-order chi connectivity index (χ0) is 12.7. The van der Waals surface area contributed by atoms with Gasteiger partial charge in [-0.2, -0.15) is 5.10 Å². The number of alkyl halides is 2. The van der Waals surface area contributed by atoms with Crippen molar-refractivity contribution in [2.75, 3.05) is 0 Å². The van der Waals surface area contributed by atoms with Gasteiger partial charge in [-0.1, -0.05) is 11.6 Å². The third-order valence-electron chi connectivity index (χ3n) is 1.91. The van der Waals surface area contributed by atoms with Gasteiger partial charge >= 0.3 is 5.97 Å². The number of hydrogen-bond acceptors (Lipinski definition) is 2. The quantitative estimate of drug-likeness (QED) is 0.880. The lowest BCUT2D eigenvalue weighted by atomic mass is 10.1. The summed E-state index contributed by atoms with van der Waals surface area (Å²) in [5.41, 5.74) is -2.09. The predicted octanol–water partition coefficient (Wildman–Crippen LogP) is 2.93. The number of hydrogen-bond donors (Lipinski definition) is 1. The van der Waals surface area contributed by atoms with Crippen LogP contribution in [0.4, 0.5) is 8.78 Å². The van der Waals surface area contributed by atoms with Crippen molar-refractivity contribution in [3.63, 3.8) is 0 Å². The summed E-state index contributed by atoms with van der Waals surface area (Å²) in [7, 11) is 0. The highest BCUT2D eigenvalue weighted by atomic mass is 35.5. The Morgan fingerprint density at radius 3 is 2.25 bits per heavy atom. The summed E-state index contributed by atoms with van der Waals surface area (Å²) in [6.45, 7) is 5.06. The average molecular weight is 253 g/mol. The lowest BCUT2D eigenvalue weighted by Crippen LogP contribution is -2.23. The fourth-order valence-corrected chi connectivity index (χ4v) is 1.68. The van der Waals surface area contributed by atoms with E-state index in [-0.39, 0.29) is 5.15 Å². The zero-order valence-electron chi connectivity index (χ0n) is 8.96. The van der Waals surface area contributed by atoms with Crippen molar-refractivity contribution >= 4 is 17.6 Å². The first kappa shape index (κ1) is 12.9. The minimum absolute atomic E-state index is 0.282. The number of carbonyl (C=O) groups is 1. The number of carboxylic acid groups (broad SMARTS) is 1. The van der Waals surface area contributed by atoms with Gasteiger partial charge in [-0.3, -0.25) is 0 Å². The molecule has 0 saturated heterocycles. The highest BCUT2D eigenvalue weighted by Crippen LogP contribution is 2.31. The minimum atomic E-state index is -2.97. The van der Waals surface area contributed by atoms with Crippen molar-refractivity contribution in [2.24, 2.45) is 0 Å². The van der Waals surface area contributed by atoms with Gasteiger partial charge < -0.3 is 5.11 Å². The smallest absolute Gasteiger partial charge is 0.341 e. The molecule has 1 rings (SSSR count). The largest absolute Gasteiger partial charge is 0.478 e. The van der Waals surface area contributed by atoms with Crippen LogP contribution in [-0.2, 0) is 5.54 Å². The Hall–Kier alpha value is -1.17. The second-order valence-electron chi connectivity index (χ2n) is 4.24. The Kier molecular flexibility index (Phi) is 3.23. The summed E-state index contributed by atoms with van der Waals surface area (Å²) in [4.78, 5) is 10.8. The SMILES string of the molecule is CC(C)(C)n1nc(C(F)F)c(C(=O)O)c1Cl. The molecule has 0 spiro atoms. The van der Waals surface area contributed by atoms with Crippen LogP contribution in [0.1, 0.15) is 43.2 Å². The zero-order valence-corrected chi connectivity index (χ0v) is 9.72. The van der Waals surface area contributed by atoms with E-state index in [4.69, 9.17) is 16.7 Å². The molecule has 0 aromatic carbocycles. The molecular formula is C9H11ClF2N2O2. The van der Waals surface area contributed by atoms with Crippen LogP contribution in [0.5, 0.6) is 0 Å². The van der Waals surface area contributed by atoms with Crippen molar-refractivity contribution < 1.29 is 18.7 Å². The third kappa shape index (κ3) is 2.16. The van der Waals surface area contributed by atoms with Gasteiger partial charge in [-0.25, -0.2) is 18.3 Å². The number of nitrogens with zero attached hydrogens (tertiary/aromatic N) is 2. The van der Waals surface area contributed by atoms with Gasteiger partial charge in [0.25, 0.3) is 6.43 Å². The van der Waals surface area contributed by atoms with E-state index in [0.717, 1.165) is 4.68 Å². The molecule has 0 saturated carbocycles. The van der Waals surface area contributed by atoms with E-state index in [1.54, 1.807) is 20.8 Å². The molecule has 0 radical (unpaired) electrons. The third-order valence-corrected chi connectivity index (χ3v) is 2.26. The van der Waals surface area contributed by atoms with Crippen LogP contribution in [-0.4, -0.2) is 20.9 Å². The fraction of sp³-hybridized carbons (Fsp3) is 0.556. The molecule has 0 atom stereocenters. The lowest BCUT2D eigenvalue weighted by Gasteiger charge is -2.20. The molecule has 0 aliphatic rings. The van der Waals surface area contributed by atoms with Gasteiger partial charge in [0.15, 0.2) is 0 Å². The van der Waals surface area contributed by atoms with E-state index in [9.17, 15) is 13.6 Å².